The monoisotopic (exact) mass is 372 g/mol. The molecule has 134 valence electrons. The van der Waals surface area contributed by atoms with Crippen molar-refractivity contribution < 1.29 is 22.9 Å². The maximum atomic E-state index is 12.6. The number of anilines is 2. The average molecular weight is 372 g/mol. The SMILES string of the molecule is Cc1ccc(N)c(C(=O)Nc2ccc(O)c3cc(S(=O)(=O)O)ccc23)c1. The third-order valence-corrected chi connectivity index (χ3v) is 4.81. The number of carbonyl (C=O) groups is 1. The molecule has 0 heterocycles. The molecule has 8 heteroatoms. The standard InChI is InChI=1S/C18H16N2O5S/c1-10-2-5-15(19)14(8-10)18(22)20-16-6-7-17(21)13-9-11(26(23,24)25)3-4-12(13)16/h2-9,21H,19H2,1H3,(H,20,22)(H,23,24,25). The molecule has 3 rings (SSSR count). The molecular formula is C18H16N2O5S. The first kappa shape index (κ1) is 17.7. The Bertz CT molecular complexity index is 1140. The van der Waals surface area contributed by atoms with Gasteiger partial charge in [-0.3, -0.25) is 9.35 Å². The van der Waals surface area contributed by atoms with Gasteiger partial charge in [-0.1, -0.05) is 17.7 Å². The summed E-state index contributed by atoms with van der Waals surface area (Å²) >= 11 is 0. The second-order valence-electron chi connectivity index (χ2n) is 5.86. The lowest BCUT2D eigenvalue weighted by Crippen LogP contribution is -2.14. The van der Waals surface area contributed by atoms with Crippen LogP contribution in [0, 0.1) is 6.92 Å². The highest BCUT2D eigenvalue weighted by molar-refractivity contribution is 7.85. The number of hydrogen-bond acceptors (Lipinski definition) is 5. The molecule has 5 N–H and O–H groups in total. The van der Waals surface area contributed by atoms with Crippen molar-refractivity contribution in [3.63, 3.8) is 0 Å². The van der Waals surface area contributed by atoms with Crippen LogP contribution in [0.5, 0.6) is 5.75 Å². The summed E-state index contributed by atoms with van der Waals surface area (Å²) in [5.41, 5.74) is 7.72. The summed E-state index contributed by atoms with van der Waals surface area (Å²) in [6, 6.07) is 11.6. The molecule has 0 bridgehead atoms. The number of aryl methyl sites for hydroxylation is 1. The van der Waals surface area contributed by atoms with Crippen molar-refractivity contribution in [1.29, 1.82) is 0 Å². The van der Waals surface area contributed by atoms with Crippen LogP contribution in [0.2, 0.25) is 0 Å². The van der Waals surface area contributed by atoms with Gasteiger partial charge >= 0.3 is 0 Å². The number of nitrogens with two attached hydrogens (primary N) is 1. The number of rotatable bonds is 3. The number of hydrogen-bond donors (Lipinski definition) is 4. The van der Waals surface area contributed by atoms with Crippen molar-refractivity contribution in [3.05, 3.63) is 59.7 Å². The van der Waals surface area contributed by atoms with Gasteiger partial charge in [-0.2, -0.15) is 8.42 Å². The van der Waals surface area contributed by atoms with E-state index in [1.165, 1.54) is 24.3 Å². The van der Waals surface area contributed by atoms with E-state index < -0.39 is 16.0 Å². The summed E-state index contributed by atoms with van der Waals surface area (Å²) in [4.78, 5) is 12.2. The number of amides is 1. The van der Waals surface area contributed by atoms with Crippen LogP contribution in [-0.2, 0) is 10.1 Å². The molecule has 0 unspecified atom stereocenters. The van der Waals surface area contributed by atoms with Crippen LogP contribution in [0.4, 0.5) is 11.4 Å². The number of phenols is 1. The molecule has 0 atom stereocenters. The zero-order chi connectivity index (χ0) is 19.1. The van der Waals surface area contributed by atoms with Crippen molar-refractivity contribution in [2.75, 3.05) is 11.1 Å². The number of benzene rings is 3. The fourth-order valence-electron chi connectivity index (χ4n) is 2.64. The van der Waals surface area contributed by atoms with Crippen LogP contribution in [0.3, 0.4) is 0 Å². The number of phenolic OH excluding ortho intramolecular Hbond substituents is 1. The topological polar surface area (TPSA) is 130 Å². The Hall–Kier alpha value is -3.10. The summed E-state index contributed by atoms with van der Waals surface area (Å²) in [7, 11) is -4.42. The van der Waals surface area contributed by atoms with E-state index in [9.17, 15) is 18.3 Å². The number of nitrogens with one attached hydrogen (secondary N) is 1. The Morgan fingerprint density at radius 3 is 2.46 bits per heavy atom. The first-order chi connectivity index (χ1) is 12.2. The van der Waals surface area contributed by atoms with E-state index in [1.807, 2.05) is 6.92 Å². The Labute approximate surface area is 149 Å². The molecule has 0 fully saturated rings. The molecule has 3 aromatic rings. The third-order valence-electron chi connectivity index (χ3n) is 3.96. The summed E-state index contributed by atoms with van der Waals surface area (Å²) in [5.74, 6) is -0.615. The Balaban J connectivity index is 2.07. The van der Waals surface area contributed by atoms with Crippen LogP contribution in [-0.4, -0.2) is 24.0 Å². The van der Waals surface area contributed by atoms with E-state index in [-0.39, 0.29) is 16.0 Å². The highest BCUT2D eigenvalue weighted by atomic mass is 32.2. The fourth-order valence-corrected chi connectivity index (χ4v) is 3.14. The lowest BCUT2D eigenvalue weighted by Gasteiger charge is -2.12. The summed E-state index contributed by atoms with van der Waals surface area (Å²) in [6.45, 7) is 1.84. The molecule has 1 amide bonds. The van der Waals surface area contributed by atoms with Gasteiger partial charge in [-0.15, -0.1) is 0 Å². The number of fused-ring (bicyclic) bond motifs is 1. The molecule has 0 radical (unpaired) electrons. The minimum absolute atomic E-state index is 0.176. The van der Waals surface area contributed by atoms with Crippen LogP contribution in [0.15, 0.2) is 53.4 Å². The van der Waals surface area contributed by atoms with Crippen molar-refractivity contribution in [3.8, 4) is 5.75 Å². The minimum Gasteiger partial charge on any atom is -0.507 e. The first-order valence-corrected chi connectivity index (χ1v) is 9.01. The van der Waals surface area contributed by atoms with E-state index in [0.29, 0.717) is 22.3 Å². The van der Waals surface area contributed by atoms with Crippen LogP contribution in [0.1, 0.15) is 15.9 Å². The number of aromatic hydroxyl groups is 1. The Kier molecular flexibility index (Phi) is 4.31. The molecule has 3 aromatic carbocycles. The van der Waals surface area contributed by atoms with Crippen LogP contribution >= 0.6 is 0 Å². The maximum Gasteiger partial charge on any atom is 0.294 e. The lowest BCUT2D eigenvalue weighted by molar-refractivity contribution is 0.102. The van der Waals surface area contributed by atoms with E-state index in [4.69, 9.17) is 10.3 Å². The molecule has 7 nitrogen and oxygen atoms in total. The zero-order valence-electron chi connectivity index (χ0n) is 13.7. The van der Waals surface area contributed by atoms with Crippen molar-refractivity contribution >= 4 is 38.2 Å². The molecule has 0 aliphatic carbocycles. The lowest BCUT2D eigenvalue weighted by atomic mass is 10.1. The number of nitrogen functional groups attached to an aromatic ring is 1. The Morgan fingerprint density at radius 1 is 1.04 bits per heavy atom. The van der Waals surface area contributed by atoms with Gasteiger partial charge in [-0.25, -0.2) is 0 Å². The largest absolute Gasteiger partial charge is 0.507 e. The molecule has 0 spiro atoms. The predicted molar refractivity (Wildman–Crippen MR) is 99.0 cm³/mol. The van der Waals surface area contributed by atoms with Gasteiger partial charge in [0.15, 0.2) is 0 Å². The molecular weight excluding hydrogens is 356 g/mol. The normalized spacial score (nSPS) is 11.5. The third kappa shape index (κ3) is 3.32. The highest BCUT2D eigenvalue weighted by Crippen LogP contribution is 2.33. The fraction of sp³-hybridized carbons (Fsp3) is 0.0556. The van der Waals surface area contributed by atoms with Gasteiger partial charge in [0.2, 0.25) is 0 Å². The Morgan fingerprint density at radius 2 is 1.77 bits per heavy atom. The second-order valence-corrected chi connectivity index (χ2v) is 7.28. The van der Waals surface area contributed by atoms with Gasteiger partial charge < -0.3 is 16.2 Å². The van der Waals surface area contributed by atoms with E-state index in [1.54, 1.807) is 18.2 Å². The second kappa shape index (κ2) is 6.32. The van der Waals surface area contributed by atoms with Gasteiger partial charge in [-0.05, 0) is 43.3 Å². The first-order valence-electron chi connectivity index (χ1n) is 7.57. The van der Waals surface area contributed by atoms with E-state index in [0.717, 1.165) is 11.6 Å². The van der Waals surface area contributed by atoms with Gasteiger partial charge in [0.25, 0.3) is 16.0 Å². The quantitative estimate of drug-likeness (QED) is 0.318. The maximum absolute atomic E-state index is 12.6. The minimum atomic E-state index is -4.42. The van der Waals surface area contributed by atoms with Gasteiger partial charge in [0.1, 0.15) is 5.75 Å². The zero-order valence-corrected chi connectivity index (χ0v) is 14.5. The smallest absolute Gasteiger partial charge is 0.294 e. The summed E-state index contributed by atoms with van der Waals surface area (Å²) < 4.78 is 31.8. The van der Waals surface area contributed by atoms with E-state index >= 15 is 0 Å². The average Bonchev–Trinajstić information content (AvgIpc) is 2.58. The summed E-state index contributed by atoms with van der Waals surface area (Å²) in [6.07, 6.45) is 0. The van der Waals surface area contributed by atoms with E-state index in [2.05, 4.69) is 5.32 Å². The van der Waals surface area contributed by atoms with Gasteiger partial charge in [0.05, 0.1) is 10.5 Å². The molecule has 0 saturated heterocycles. The highest BCUT2D eigenvalue weighted by Gasteiger charge is 2.16. The van der Waals surface area contributed by atoms with Gasteiger partial charge in [0, 0.05) is 22.1 Å². The molecule has 26 heavy (non-hydrogen) atoms. The number of carbonyl (C=O) groups excluding carboxylic acids is 1. The molecule has 0 saturated carbocycles. The van der Waals surface area contributed by atoms with Crippen molar-refractivity contribution in [2.45, 2.75) is 11.8 Å². The van der Waals surface area contributed by atoms with Crippen LogP contribution < -0.4 is 11.1 Å². The molecule has 0 aliphatic rings. The predicted octanol–water partition coefficient (Wildman–Crippen LogP) is 2.94. The summed E-state index contributed by atoms with van der Waals surface area (Å²) in [5, 5.41) is 13.3. The van der Waals surface area contributed by atoms with Crippen molar-refractivity contribution in [2.24, 2.45) is 0 Å². The molecule has 0 aromatic heterocycles. The molecule has 0 aliphatic heterocycles. The van der Waals surface area contributed by atoms with Crippen LogP contribution in [0.25, 0.3) is 10.8 Å². The van der Waals surface area contributed by atoms with Crippen molar-refractivity contribution in [1.82, 2.24) is 0 Å².